The topological polar surface area (TPSA) is 15.3 Å². The first-order valence-corrected chi connectivity index (χ1v) is 5.40. The third-order valence-corrected chi connectivity index (χ3v) is 3.64. The average molecular weight is 182 g/mol. The van der Waals surface area contributed by atoms with Crippen molar-refractivity contribution in [3.63, 3.8) is 0 Å². The highest BCUT2D eigenvalue weighted by Crippen LogP contribution is 2.37. The normalized spacial score (nSPS) is 41.1. The Kier molecular flexibility index (Phi) is 2.16. The van der Waals surface area contributed by atoms with Crippen LogP contribution in [0.2, 0.25) is 0 Å². The van der Waals surface area contributed by atoms with Gasteiger partial charge in [-0.1, -0.05) is 20.8 Å². The molecule has 2 heteroatoms. The Balaban J connectivity index is 2.09. The lowest BCUT2D eigenvalue weighted by Gasteiger charge is -2.32. The van der Waals surface area contributed by atoms with Crippen LogP contribution in [0.4, 0.5) is 0 Å². The van der Waals surface area contributed by atoms with E-state index in [1.54, 1.807) is 0 Å². The SMILES string of the molecule is CN1C[C@@H]2CN[C@@H](C(C)(C)C)[C@@H]2C1. The monoisotopic (exact) mass is 182 g/mol. The molecule has 0 aromatic heterocycles. The van der Waals surface area contributed by atoms with Gasteiger partial charge in [0.25, 0.3) is 0 Å². The van der Waals surface area contributed by atoms with E-state index in [1.807, 2.05) is 0 Å². The fourth-order valence-electron chi connectivity index (χ4n) is 3.09. The molecule has 3 atom stereocenters. The number of nitrogens with one attached hydrogen (secondary N) is 1. The molecule has 0 aromatic rings. The number of likely N-dealkylation sites (tertiary alicyclic amines) is 1. The summed E-state index contributed by atoms with van der Waals surface area (Å²) >= 11 is 0. The predicted molar refractivity (Wildman–Crippen MR) is 55.7 cm³/mol. The van der Waals surface area contributed by atoms with Crippen LogP contribution in [-0.4, -0.2) is 37.6 Å². The summed E-state index contributed by atoms with van der Waals surface area (Å²) in [6, 6.07) is 0.724. The lowest BCUT2D eigenvalue weighted by Crippen LogP contribution is -2.41. The second-order valence-electron chi connectivity index (χ2n) is 5.90. The Bertz CT molecular complexity index is 195. The molecule has 2 rings (SSSR count). The Labute approximate surface area is 81.7 Å². The van der Waals surface area contributed by atoms with Crippen LogP contribution in [0.3, 0.4) is 0 Å². The van der Waals surface area contributed by atoms with Gasteiger partial charge in [0.15, 0.2) is 0 Å². The van der Waals surface area contributed by atoms with Gasteiger partial charge >= 0.3 is 0 Å². The summed E-state index contributed by atoms with van der Waals surface area (Å²) in [6.07, 6.45) is 0. The largest absolute Gasteiger partial charge is 0.313 e. The van der Waals surface area contributed by atoms with Crippen molar-refractivity contribution < 1.29 is 0 Å². The van der Waals surface area contributed by atoms with Crippen molar-refractivity contribution in [3.8, 4) is 0 Å². The maximum absolute atomic E-state index is 3.69. The summed E-state index contributed by atoms with van der Waals surface area (Å²) in [4.78, 5) is 2.48. The first kappa shape index (κ1) is 9.47. The van der Waals surface area contributed by atoms with E-state index in [-0.39, 0.29) is 0 Å². The quantitative estimate of drug-likeness (QED) is 0.605. The number of hydrogen-bond acceptors (Lipinski definition) is 2. The molecule has 2 fully saturated rings. The van der Waals surface area contributed by atoms with E-state index in [0.717, 1.165) is 17.9 Å². The number of rotatable bonds is 0. The zero-order chi connectivity index (χ0) is 9.64. The van der Waals surface area contributed by atoms with Crippen molar-refractivity contribution in [2.45, 2.75) is 26.8 Å². The first-order valence-electron chi connectivity index (χ1n) is 5.40. The maximum atomic E-state index is 3.69. The van der Waals surface area contributed by atoms with Gasteiger partial charge in [-0.25, -0.2) is 0 Å². The van der Waals surface area contributed by atoms with E-state index in [1.165, 1.54) is 19.6 Å². The van der Waals surface area contributed by atoms with Gasteiger partial charge < -0.3 is 10.2 Å². The van der Waals surface area contributed by atoms with Gasteiger partial charge in [-0.15, -0.1) is 0 Å². The van der Waals surface area contributed by atoms with Crippen molar-refractivity contribution in [3.05, 3.63) is 0 Å². The second kappa shape index (κ2) is 2.96. The molecule has 2 aliphatic rings. The Morgan fingerprint density at radius 2 is 1.92 bits per heavy atom. The van der Waals surface area contributed by atoms with E-state index in [9.17, 15) is 0 Å². The lowest BCUT2D eigenvalue weighted by molar-refractivity contribution is 0.226. The van der Waals surface area contributed by atoms with Crippen LogP contribution in [0.1, 0.15) is 20.8 Å². The Morgan fingerprint density at radius 3 is 2.54 bits per heavy atom. The van der Waals surface area contributed by atoms with Crippen LogP contribution in [0.25, 0.3) is 0 Å². The standard InChI is InChI=1S/C11H22N2/c1-11(2,3)10-9-7-13(4)6-8(9)5-12-10/h8-10,12H,5-7H2,1-4H3/t8-,9+,10+/m0/s1. The predicted octanol–water partition coefficient (Wildman–Crippen LogP) is 1.18. The lowest BCUT2D eigenvalue weighted by atomic mass is 9.78. The van der Waals surface area contributed by atoms with E-state index in [4.69, 9.17) is 0 Å². The van der Waals surface area contributed by atoms with Crippen LogP contribution in [0.15, 0.2) is 0 Å². The van der Waals surface area contributed by atoms with Crippen LogP contribution in [-0.2, 0) is 0 Å². The molecule has 1 N–H and O–H groups in total. The summed E-state index contributed by atoms with van der Waals surface area (Å²) in [6.45, 7) is 10.9. The van der Waals surface area contributed by atoms with Gasteiger partial charge in [-0.2, -0.15) is 0 Å². The zero-order valence-electron chi connectivity index (χ0n) is 9.30. The second-order valence-corrected chi connectivity index (χ2v) is 5.90. The highest BCUT2D eigenvalue weighted by Gasteiger charge is 2.45. The minimum atomic E-state index is 0.421. The Hall–Kier alpha value is -0.0800. The minimum absolute atomic E-state index is 0.421. The van der Waals surface area contributed by atoms with Crippen LogP contribution >= 0.6 is 0 Å². The van der Waals surface area contributed by atoms with Gasteiger partial charge in [0.05, 0.1) is 0 Å². The molecule has 0 radical (unpaired) electrons. The molecule has 2 heterocycles. The average Bonchev–Trinajstić information content (AvgIpc) is 2.41. The summed E-state index contributed by atoms with van der Waals surface area (Å²) < 4.78 is 0. The molecule has 0 aliphatic carbocycles. The zero-order valence-corrected chi connectivity index (χ0v) is 9.30. The minimum Gasteiger partial charge on any atom is -0.313 e. The smallest absolute Gasteiger partial charge is 0.0160 e. The van der Waals surface area contributed by atoms with Gasteiger partial charge in [0.2, 0.25) is 0 Å². The molecule has 0 bridgehead atoms. The van der Waals surface area contributed by atoms with Crippen molar-refractivity contribution in [1.29, 1.82) is 0 Å². The summed E-state index contributed by atoms with van der Waals surface area (Å²) in [5.41, 5.74) is 0.421. The van der Waals surface area contributed by atoms with Crippen molar-refractivity contribution in [1.82, 2.24) is 10.2 Å². The number of nitrogens with zero attached hydrogens (tertiary/aromatic N) is 1. The third kappa shape index (κ3) is 1.62. The van der Waals surface area contributed by atoms with Gasteiger partial charge in [-0.3, -0.25) is 0 Å². The van der Waals surface area contributed by atoms with Crippen molar-refractivity contribution >= 4 is 0 Å². The summed E-state index contributed by atoms with van der Waals surface area (Å²) in [5, 5.41) is 3.69. The number of hydrogen-bond donors (Lipinski definition) is 1. The molecule has 2 aliphatic heterocycles. The Morgan fingerprint density at radius 1 is 1.23 bits per heavy atom. The molecule has 76 valence electrons. The maximum Gasteiger partial charge on any atom is 0.0160 e. The summed E-state index contributed by atoms with van der Waals surface area (Å²) in [5.74, 6) is 1.80. The molecule has 0 amide bonds. The van der Waals surface area contributed by atoms with Crippen LogP contribution in [0.5, 0.6) is 0 Å². The fourth-order valence-corrected chi connectivity index (χ4v) is 3.09. The van der Waals surface area contributed by atoms with Gasteiger partial charge in [0, 0.05) is 19.1 Å². The molecular formula is C11H22N2. The van der Waals surface area contributed by atoms with Gasteiger partial charge in [0.1, 0.15) is 0 Å². The third-order valence-electron chi connectivity index (χ3n) is 3.64. The number of fused-ring (bicyclic) bond motifs is 1. The molecular weight excluding hydrogens is 160 g/mol. The highest BCUT2D eigenvalue weighted by molar-refractivity contribution is 5.01. The molecule has 2 nitrogen and oxygen atoms in total. The first-order chi connectivity index (χ1) is 5.98. The molecule has 0 unspecified atom stereocenters. The van der Waals surface area contributed by atoms with Crippen LogP contribution in [0, 0.1) is 17.3 Å². The van der Waals surface area contributed by atoms with Crippen molar-refractivity contribution in [2.75, 3.05) is 26.7 Å². The van der Waals surface area contributed by atoms with E-state index < -0.39 is 0 Å². The molecule has 0 saturated carbocycles. The van der Waals surface area contributed by atoms with E-state index in [0.29, 0.717) is 5.41 Å². The highest BCUT2D eigenvalue weighted by atomic mass is 15.2. The van der Waals surface area contributed by atoms with E-state index in [2.05, 4.69) is 38.0 Å². The fraction of sp³-hybridized carbons (Fsp3) is 1.00. The molecule has 2 saturated heterocycles. The molecule has 13 heavy (non-hydrogen) atoms. The van der Waals surface area contributed by atoms with Crippen molar-refractivity contribution in [2.24, 2.45) is 17.3 Å². The van der Waals surface area contributed by atoms with E-state index >= 15 is 0 Å². The van der Waals surface area contributed by atoms with Gasteiger partial charge in [-0.05, 0) is 30.8 Å². The summed E-state index contributed by atoms with van der Waals surface area (Å²) in [7, 11) is 2.25. The molecule has 0 aromatic carbocycles. The van der Waals surface area contributed by atoms with Crippen LogP contribution < -0.4 is 5.32 Å². The molecule has 0 spiro atoms.